The van der Waals surface area contributed by atoms with E-state index in [2.05, 4.69) is 0 Å². The molecule has 0 fully saturated rings. The number of carbonyl (C=O) groups is 1. The third-order valence-corrected chi connectivity index (χ3v) is 2.57. The number of thioether (sulfide) groups is 1. The van der Waals surface area contributed by atoms with Crippen molar-refractivity contribution < 1.29 is 9.53 Å². The van der Waals surface area contributed by atoms with Crippen LogP contribution >= 0.6 is 11.8 Å². The van der Waals surface area contributed by atoms with Gasteiger partial charge in [-0.1, -0.05) is 30.3 Å². The summed E-state index contributed by atoms with van der Waals surface area (Å²) in [7, 11) is 0. The Kier molecular flexibility index (Phi) is 2.36. The largest absolute Gasteiger partial charge is 0.426 e. The van der Waals surface area contributed by atoms with Gasteiger partial charge in [-0.15, -0.1) is 0 Å². The number of rotatable bonds is 1. The molecule has 1 aromatic rings. The monoisotopic (exact) mass is 192 g/mol. The van der Waals surface area contributed by atoms with Gasteiger partial charge < -0.3 is 4.74 Å². The average Bonchev–Trinajstić information content (AvgIpc) is 2.20. The van der Waals surface area contributed by atoms with Crippen LogP contribution in [0.25, 0.3) is 5.57 Å². The lowest BCUT2D eigenvalue weighted by Crippen LogP contribution is -2.02. The third kappa shape index (κ3) is 1.92. The van der Waals surface area contributed by atoms with Gasteiger partial charge in [0, 0.05) is 11.3 Å². The van der Waals surface area contributed by atoms with Crippen LogP contribution < -0.4 is 0 Å². The van der Waals surface area contributed by atoms with E-state index in [0.717, 1.165) is 11.1 Å². The Morgan fingerprint density at radius 2 is 2.00 bits per heavy atom. The van der Waals surface area contributed by atoms with E-state index in [1.54, 1.807) is 0 Å². The predicted octanol–water partition coefficient (Wildman–Crippen LogP) is 2.91. The van der Waals surface area contributed by atoms with Crippen LogP contribution in [0.1, 0.15) is 5.56 Å². The van der Waals surface area contributed by atoms with Crippen molar-refractivity contribution in [2.45, 2.75) is 0 Å². The zero-order valence-corrected chi connectivity index (χ0v) is 7.71. The van der Waals surface area contributed by atoms with Gasteiger partial charge in [0.2, 0.25) is 0 Å². The van der Waals surface area contributed by atoms with Crippen LogP contribution in [0, 0.1) is 0 Å². The SMILES string of the molecule is O=C1OC=C(c2ccccc2)CS1. The van der Waals surface area contributed by atoms with E-state index in [-0.39, 0.29) is 5.30 Å². The molecule has 0 saturated heterocycles. The highest BCUT2D eigenvalue weighted by atomic mass is 32.2. The molecular formula is C10H8O2S. The van der Waals surface area contributed by atoms with Gasteiger partial charge in [0.25, 0.3) is 0 Å². The van der Waals surface area contributed by atoms with Crippen LogP contribution in [0.5, 0.6) is 0 Å². The second-order valence-corrected chi connectivity index (χ2v) is 3.58. The molecule has 13 heavy (non-hydrogen) atoms. The molecule has 3 heteroatoms. The number of cyclic esters (lactones) is 1. The molecule has 0 unspecified atom stereocenters. The van der Waals surface area contributed by atoms with Gasteiger partial charge in [-0.3, -0.25) is 0 Å². The van der Waals surface area contributed by atoms with Crippen molar-refractivity contribution in [3.8, 4) is 0 Å². The molecule has 0 N–H and O–H groups in total. The van der Waals surface area contributed by atoms with Gasteiger partial charge in [0.15, 0.2) is 0 Å². The molecule has 0 bridgehead atoms. The maximum absolute atomic E-state index is 10.7. The van der Waals surface area contributed by atoms with Crippen LogP contribution in [0.15, 0.2) is 36.6 Å². The molecule has 0 spiro atoms. The normalized spacial score (nSPS) is 16.3. The van der Waals surface area contributed by atoms with Crippen LogP contribution in [0.2, 0.25) is 0 Å². The summed E-state index contributed by atoms with van der Waals surface area (Å²) in [6, 6.07) is 9.91. The molecule has 0 aliphatic carbocycles. The van der Waals surface area contributed by atoms with Gasteiger partial charge in [-0.25, -0.2) is 4.79 Å². The molecule has 1 aromatic carbocycles. The van der Waals surface area contributed by atoms with Crippen LogP contribution in [-0.4, -0.2) is 11.1 Å². The Hall–Kier alpha value is -1.22. The highest BCUT2D eigenvalue weighted by molar-refractivity contribution is 8.13. The lowest BCUT2D eigenvalue weighted by Gasteiger charge is -2.11. The number of benzene rings is 1. The van der Waals surface area contributed by atoms with Crippen molar-refractivity contribution in [3.63, 3.8) is 0 Å². The van der Waals surface area contributed by atoms with Gasteiger partial charge in [-0.2, -0.15) is 0 Å². The first-order valence-corrected chi connectivity index (χ1v) is 4.93. The topological polar surface area (TPSA) is 26.3 Å². The maximum Gasteiger partial charge on any atom is 0.372 e. The van der Waals surface area contributed by atoms with E-state index in [4.69, 9.17) is 4.74 Å². The molecular weight excluding hydrogens is 184 g/mol. The van der Waals surface area contributed by atoms with Gasteiger partial charge in [0.05, 0.1) is 6.26 Å². The quantitative estimate of drug-likeness (QED) is 0.640. The Bertz CT molecular complexity index is 343. The van der Waals surface area contributed by atoms with Crippen molar-refractivity contribution in [2.75, 3.05) is 5.75 Å². The zero-order valence-electron chi connectivity index (χ0n) is 6.90. The standard InChI is InChI=1S/C10H8O2S/c11-10-12-6-9(7-13-10)8-4-2-1-3-5-8/h1-6H,7H2. The van der Waals surface area contributed by atoms with Crippen LogP contribution in [0.3, 0.4) is 0 Å². The second-order valence-electron chi connectivity index (χ2n) is 2.67. The number of hydrogen-bond acceptors (Lipinski definition) is 3. The fourth-order valence-corrected chi connectivity index (χ4v) is 1.75. The van der Waals surface area contributed by atoms with Gasteiger partial charge in [0.1, 0.15) is 0 Å². The van der Waals surface area contributed by atoms with E-state index < -0.39 is 0 Å². The fourth-order valence-electron chi connectivity index (χ4n) is 1.13. The highest BCUT2D eigenvalue weighted by Crippen LogP contribution is 2.25. The molecule has 0 radical (unpaired) electrons. The first-order chi connectivity index (χ1) is 6.36. The first kappa shape index (κ1) is 8.38. The van der Waals surface area contributed by atoms with Crippen molar-refractivity contribution >= 4 is 22.6 Å². The number of hydrogen-bond donors (Lipinski definition) is 0. The summed E-state index contributed by atoms with van der Waals surface area (Å²) in [5.41, 5.74) is 2.17. The lowest BCUT2D eigenvalue weighted by molar-refractivity contribution is 0.213. The van der Waals surface area contributed by atoms with E-state index in [1.807, 2.05) is 30.3 Å². The minimum atomic E-state index is -0.223. The minimum Gasteiger partial charge on any atom is -0.426 e. The fraction of sp³-hybridized carbons (Fsp3) is 0.100. The molecule has 66 valence electrons. The highest BCUT2D eigenvalue weighted by Gasteiger charge is 2.13. The summed E-state index contributed by atoms with van der Waals surface area (Å²) in [6.45, 7) is 0. The van der Waals surface area contributed by atoms with E-state index in [9.17, 15) is 4.79 Å². The molecule has 0 aromatic heterocycles. The molecule has 2 nitrogen and oxygen atoms in total. The summed E-state index contributed by atoms with van der Waals surface area (Å²) in [5.74, 6) is 0.697. The van der Waals surface area contributed by atoms with Gasteiger partial charge >= 0.3 is 5.30 Å². The Balaban J connectivity index is 2.23. The molecule has 1 aliphatic heterocycles. The Morgan fingerprint density at radius 1 is 1.23 bits per heavy atom. The van der Waals surface area contributed by atoms with Crippen LogP contribution in [-0.2, 0) is 4.74 Å². The van der Waals surface area contributed by atoms with E-state index in [0.29, 0.717) is 5.75 Å². The smallest absolute Gasteiger partial charge is 0.372 e. The summed E-state index contributed by atoms with van der Waals surface area (Å²) in [6.07, 6.45) is 1.54. The molecule has 1 aliphatic rings. The first-order valence-electron chi connectivity index (χ1n) is 3.94. The van der Waals surface area contributed by atoms with Gasteiger partial charge in [-0.05, 0) is 17.3 Å². The predicted molar refractivity (Wildman–Crippen MR) is 53.4 cm³/mol. The molecule has 0 saturated carbocycles. The van der Waals surface area contributed by atoms with E-state index in [1.165, 1.54) is 18.0 Å². The van der Waals surface area contributed by atoms with Crippen LogP contribution in [0.4, 0.5) is 4.79 Å². The maximum atomic E-state index is 10.7. The summed E-state index contributed by atoms with van der Waals surface area (Å²) >= 11 is 1.19. The van der Waals surface area contributed by atoms with Crippen molar-refractivity contribution in [3.05, 3.63) is 42.2 Å². The lowest BCUT2D eigenvalue weighted by atomic mass is 10.1. The molecule has 2 rings (SSSR count). The third-order valence-electron chi connectivity index (χ3n) is 1.79. The van der Waals surface area contributed by atoms with Crippen molar-refractivity contribution in [1.82, 2.24) is 0 Å². The molecule has 0 amide bonds. The molecule has 0 atom stereocenters. The Morgan fingerprint density at radius 3 is 2.62 bits per heavy atom. The molecule has 1 heterocycles. The summed E-state index contributed by atoms with van der Waals surface area (Å²) in [5, 5.41) is -0.223. The zero-order chi connectivity index (χ0) is 9.10. The second kappa shape index (κ2) is 3.66. The minimum absolute atomic E-state index is 0.223. The summed E-state index contributed by atoms with van der Waals surface area (Å²) in [4.78, 5) is 10.7. The van der Waals surface area contributed by atoms with E-state index >= 15 is 0 Å². The van der Waals surface area contributed by atoms with Crippen molar-refractivity contribution in [1.29, 1.82) is 0 Å². The Labute approximate surface area is 80.6 Å². The number of ether oxygens (including phenoxy) is 1. The average molecular weight is 192 g/mol. The number of carbonyl (C=O) groups excluding carboxylic acids is 1. The summed E-state index contributed by atoms with van der Waals surface area (Å²) < 4.78 is 4.81. The van der Waals surface area contributed by atoms with Crippen molar-refractivity contribution in [2.24, 2.45) is 0 Å².